The zero-order valence-corrected chi connectivity index (χ0v) is 17.8. The first-order valence-electron chi connectivity index (χ1n) is 9.37. The van der Waals surface area contributed by atoms with E-state index in [9.17, 15) is 23.4 Å². The number of halogens is 1. The molecule has 6 nitrogen and oxygen atoms in total. The molecule has 1 aromatic carbocycles. The van der Waals surface area contributed by atoms with Gasteiger partial charge in [-0.25, -0.2) is 8.42 Å². The summed E-state index contributed by atoms with van der Waals surface area (Å²) in [6.45, 7) is 2.19. The number of hydrogen-bond acceptors (Lipinski definition) is 6. The van der Waals surface area contributed by atoms with Gasteiger partial charge in [0.25, 0.3) is 0 Å². The Hall–Kier alpha value is -1.41. The Balaban J connectivity index is 2.07. The van der Waals surface area contributed by atoms with Gasteiger partial charge in [0.2, 0.25) is 0 Å². The van der Waals surface area contributed by atoms with E-state index in [1.807, 2.05) is 18.9 Å². The molecule has 2 aliphatic rings. The molecule has 2 N–H and O–H groups in total. The summed E-state index contributed by atoms with van der Waals surface area (Å²) in [6.07, 6.45) is 2.83. The Morgan fingerprint density at radius 1 is 1.32 bits per heavy atom. The van der Waals surface area contributed by atoms with Gasteiger partial charge in [0, 0.05) is 36.4 Å². The molecule has 0 bridgehead atoms. The lowest BCUT2D eigenvalue weighted by Crippen LogP contribution is -2.28. The van der Waals surface area contributed by atoms with Crippen molar-refractivity contribution in [3.8, 4) is 0 Å². The highest BCUT2D eigenvalue weighted by Crippen LogP contribution is 2.36. The van der Waals surface area contributed by atoms with Crippen molar-refractivity contribution in [3.05, 3.63) is 39.6 Å². The van der Waals surface area contributed by atoms with E-state index >= 15 is 0 Å². The minimum Gasteiger partial charge on any atom is -0.512 e. The third-order valence-corrected chi connectivity index (χ3v) is 7.09. The molecule has 2 atom stereocenters. The molecule has 1 saturated carbocycles. The van der Waals surface area contributed by atoms with Gasteiger partial charge < -0.3 is 10.2 Å². The van der Waals surface area contributed by atoms with E-state index in [0.29, 0.717) is 31.0 Å². The number of Topliss-reactive ketones (excluding diaryl/α,β-unsaturated/α-hetero) is 1. The number of aliphatic hydroxyl groups excluding tert-OH is 2. The van der Waals surface area contributed by atoms with Crippen LogP contribution in [0.3, 0.4) is 0 Å². The SMILES string of the molecule is CC1CC(O)=C(C(=O)c2ccc(S(C)(=O)=O)c(CN(C)C3CC3)c2Cl)C(O)C1. The molecule has 0 saturated heterocycles. The number of ketones is 1. The van der Waals surface area contributed by atoms with E-state index in [0.717, 1.165) is 19.1 Å². The van der Waals surface area contributed by atoms with Crippen LogP contribution in [0, 0.1) is 5.92 Å². The van der Waals surface area contributed by atoms with E-state index in [4.69, 9.17) is 11.6 Å². The summed E-state index contributed by atoms with van der Waals surface area (Å²) in [4.78, 5) is 15.2. The second-order valence-corrected chi connectivity index (χ2v) is 10.4. The second-order valence-electron chi connectivity index (χ2n) is 8.07. The second kappa shape index (κ2) is 7.78. The molecule has 0 heterocycles. The summed E-state index contributed by atoms with van der Waals surface area (Å²) in [5.41, 5.74) is 0.431. The Morgan fingerprint density at radius 3 is 2.50 bits per heavy atom. The van der Waals surface area contributed by atoms with E-state index in [1.165, 1.54) is 12.1 Å². The van der Waals surface area contributed by atoms with Crippen molar-refractivity contribution in [1.82, 2.24) is 4.90 Å². The number of allylic oxidation sites excluding steroid dienone is 1. The average Bonchev–Trinajstić information content (AvgIpc) is 3.39. The van der Waals surface area contributed by atoms with Gasteiger partial charge in [-0.2, -0.15) is 0 Å². The van der Waals surface area contributed by atoms with Gasteiger partial charge in [-0.15, -0.1) is 0 Å². The molecule has 0 aliphatic heterocycles. The van der Waals surface area contributed by atoms with Crippen molar-refractivity contribution in [2.45, 2.75) is 56.2 Å². The maximum absolute atomic E-state index is 13.1. The predicted molar refractivity (Wildman–Crippen MR) is 107 cm³/mol. The van der Waals surface area contributed by atoms with E-state index in [2.05, 4.69) is 0 Å². The molecule has 2 aliphatic carbocycles. The Labute approximate surface area is 170 Å². The Kier molecular flexibility index (Phi) is 5.92. The van der Waals surface area contributed by atoms with Gasteiger partial charge in [-0.05, 0) is 44.4 Å². The van der Waals surface area contributed by atoms with Crippen LogP contribution >= 0.6 is 11.6 Å². The molecule has 0 radical (unpaired) electrons. The number of benzene rings is 1. The molecule has 28 heavy (non-hydrogen) atoms. The van der Waals surface area contributed by atoms with Gasteiger partial charge in [-0.1, -0.05) is 18.5 Å². The fourth-order valence-electron chi connectivity index (χ4n) is 3.81. The number of carbonyl (C=O) groups is 1. The van der Waals surface area contributed by atoms with Crippen molar-refractivity contribution in [2.24, 2.45) is 5.92 Å². The van der Waals surface area contributed by atoms with Crippen LogP contribution in [-0.4, -0.2) is 54.8 Å². The molecule has 154 valence electrons. The minimum atomic E-state index is -3.54. The highest BCUT2D eigenvalue weighted by molar-refractivity contribution is 7.90. The number of carbonyl (C=O) groups excluding carboxylic acids is 1. The number of nitrogens with zero attached hydrogens (tertiary/aromatic N) is 1. The van der Waals surface area contributed by atoms with Crippen LogP contribution in [0.15, 0.2) is 28.4 Å². The monoisotopic (exact) mass is 427 g/mol. The van der Waals surface area contributed by atoms with Crippen LogP contribution in [0.2, 0.25) is 5.02 Å². The number of sulfone groups is 1. The lowest BCUT2D eigenvalue weighted by Gasteiger charge is -2.26. The van der Waals surface area contributed by atoms with Crippen LogP contribution < -0.4 is 0 Å². The smallest absolute Gasteiger partial charge is 0.196 e. The number of aliphatic hydroxyl groups is 2. The molecule has 2 unspecified atom stereocenters. The number of rotatable bonds is 6. The van der Waals surface area contributed by atoms with Crippen molar-refractivity contribution in [3.63, 3.8) is 0 Å². The van der Waals surface area contributed by atoms with Gasteiger partial charge in [0.1, 0.15) is 5.76 Å². The highest BCUT2D eigenvalue weighted by atomic mass is 35.5. The lowest BCUT2D eigenvalue weighted by atomic mass is 9.83. The maximum Gasteiger partial charge on any atom is 0.196 e. The Bertz CT molecular complexity index is 936. The first-order chi connectivity index (χ1) is 13.0. The first-order valence-corrected chi connectivity index (χ1v) is 11.6. The van der Waals surface area contributed by atoms with Crippen LogP contribution in [0.4, 0.5) is 0 Å². The summed E-state index contributed by atoms with van der Waals surface area (Å²) in [6, 6.07) is 3.14. The lowest BCUT2D eigenvalue weighted by molar-refractivity contribution is 0.0929. The largest absolute Gasteiger partial charge is 0.512 e. The third kappa shape index (κ3) is 4.27. The molecule has 3 rings (SSSR count). The molecule has 1 aromatic rings. The molecule has 0 spiro atoms. The molecular formula is C20H26ClNO5S. The van der Waals surface area contributed by atoms with Gasteiger partial charge in [0.15, 0.2) is 15.6 Å². The normalized spacial score (nSPS) is 23.4. The summed E-state index contributed by atoms with van der Waals surface area (Å²) in [5.74, 6) is -0.620. The predicted octanol–water partition coefficient (Wildman–Crippen LogP) is 3.12. The summed E-state index contributed by atoms with van der Waals surface area (Å²) in [5, 5.41) is 20.7. The fourth-order valence-corrected chi connectivity index (χ4v) is 5.11. The fraction of sp³-hybridized carbons (Fsp3) is 0.550. The molecule has 0 amide bonds. The minimum absolute atomic E-state index is 0.0476. The van der Waals surface area contributed by atoms with Crippen LogP contribution in [0.25, 0.3) is 0 Å². The molecule has 1 fully saturated rings. The van der Waals surface area contributed by atoms with E-state index in [-0.39, 0.29) is 32.7 Å². The third-order valence-electron chi connectivity index (χ3n) is 5.48. The van der Waals surface area contributed by atoms with Gasteiger partial charge in [-0.3, -0.25) is 9.69 Å². The number of hydrogen-bond donors (Lipinski definition) is 2. The summed E-state index contributed by atoms with van der Waals surface area (Å²) >= 11 is 6.53. The van der Waals surface area contributed by atoms with Crippen molar-refractivity contribution < 1.29 is 23.4 Å². The summed E-state index contributed by atoms with van der Waals surface area (Å²) < 4.78 is 24.5. The molecule has 8 heteroatoms. The van der Waals surface area contributed by atoms with E-state index in [1.54, 1.807) is 0 Å². The van der Waals surface area contributed by atoms with Crippen LogP contribution in [0.1, 0.15) is 48.5 Å². The quantitative estimate of drug-likeness (QED) is 0.677. The topological polar surface area (TPSA) is 94.9 Å². The van der Waals surface area contributed by atoms with Crippen LogP contribution in [0.5, 0.6) is 0 Å². The van der Waals surface area contributed by atoms with Crippen LogP contribution in [-0.2, 0) is 16.4 Å². The highest BCUT2D eigenvalue weighted by Gasteiger charge is 2.34. The zero-order chi connectivity index (χ0) is 20.8. The van der Waals surface area contributed by atoms with Gasteiger partial charge >= 0.3 is 0 Å². The van der Waals surface area contributed by atoms with Crippen molar-refractivity contribution in [2.75, 3.05) is 13.3 Å². The van der Waals surface area contributed by atoms with E-state index < -0.39 is 21.7 Å². The molecular weight excluding hydrogens is 402 g/mol. The molecule has 0 aromatic heterocycles. The summed E-state index contributed by atoms with van der Waals surface area (Å²) in [7, 11) is -1.64. The maximum atomic E-state index is 13.1. The van der Waals surface area contributed by atoms with Crippen molar-refractivity contribution >= 4 is 27.2 Å². The Morgan fingerprint density at radius 2 is 1.96 bits per heavy atom. The standard InChI is InChI=1S/C20H26ClNO5S/c1-11-8-15(23)18(16(24)9-11)20(25)13-6-7-17(28(3,26)27)14(19(13)21)10-22(2)12-4-5-12/h6-7,11-12,15,23-24H,4-5,8-10H2,1-3H3. The zero-order valence-electron chi connectivity index (χ0n) is 16.3. The average molecular weight is 428 g/mol. The first kappa shape index (κ1) is 21.3. The van der Waals surface area contributed by atoms with Crippen molar-refractivity contribution in [1.29, 1.82) is 0 Å². The van der Waals surface area contributed by atoms with Gasteiger partial charge in [0.05, 0.1) is 21.6 Å².